The van der Waals surface area contributed by atoms with E-state index in [1.54, 1.807) is 6.20 Å². The highest BCUT2D eigenvalue weighted by molar-refractivity contribution is 5.52. The van der Waals surface area contributed by atoms with Crippen LogP contribution in [0.2, 0.25) is 0 Å². The van der Waals surface area contributed by atoms with Gasteiger partial charge in [0.15, 0.2) is 0 Å². The van der Waals surface area contributed by atoms with E-state index in [4.69, 9.17) is 0 Å². The molecule has 1 N–H and O–H groups in total. The Bertz CT molecular complexity index is 317. The van der Waals surface area contributed by atoms with Crippen molar-refractivity contribution in [3.05, 3.63) is 24.0 Å². The largest absolute Gasteiger partial charge is 0.391 e. The Morgan fingerprint density at radius 1 is 1.50 bits per heavy atom. The molecule has 3 nitrogen and oxygen atoms in total. The van der Waals surface area contributed by atoms with E-state index in [1.807, 2.05) is 12.3 Å². The smallest absolute Gasteiger partial charge is 0.0757 e. The second kappa shape index (κ2) is 3.58. The lowest BCUT2D eigenvalue weighted by Gasteiger charge is -2.19. The number of rotatable bonds is 1. The molecule has 76 valence electrons. The summed E-state index contributed by atoms with van der Waals surface area (Å²) in [4.78, 5) is 6.29. The van der Waals surface area contributed by atoms with Crippen molar-refractivity contribution < 1.29 is 5.11 Å². The molecule has 2 atom stereocenters. The maximum absolute atomic E-state index is 9.66. The summed E-state index contributed by atoms with van der Waals surface area (Å²) in [6, 6.07) is 2.01. The number of aliphatic hydroxyl groups is 1. The van der Waals surface area contributed by atoms with Gasteiger partial charge in [0, 0.05) is 37.1 Å². The fourth-order valence-corrected chi connectivity index (χ4v) is 1.97. The van der Waals surface area contributed by atoms with Gasteiger partial charge in [0.1, 0.15) is 0 Å². The van der Waals surface area contributed by atoms with Gasteiger partial charge in [-0.05, 0) is 18.6 Å². The van der Waals surface area contributed by atoms with Gasteiger partial charge in [-0.25, -0.2) is 0 Å². The maximum Gasteiger partial charge on any atom is 0.0757 e. The zero-order chi connectivity index (χ0) is 10.1. The molecule has 1 aromatic heterocycles. The van der Waals surface area contributed by atoms with Crippen LogP contribution < -0.4 is 4.90 Å². The zero-order valence-electron chi connectivity index (χ0n) is 8.64. The van der Waals surface area contributed by atoms with Crippen molar-refractivity contribution in [2.24, 2.45) is 5.92 Å². The summed E-state index contributed by atoms with van der Waals surface area (Å²) in [5.74, 6) is 0.363. The Balaban J connectivity index is 2.21. The number of pyridine rings is 1. The fraction of sp³-hybridized carbons (Fsp3) is 0.545. The first-order valence-corrected chi connectivity index (χ1v) is 5.02. The first-order valence-electron chi connectivity index (χ1n) is 5.02. The minimum Gasteiger partial charge on any atom is -0.391 e. The van der Waals surface area contributed by atoms with Crippen LogP contribution in [0.1, 0.15) is 12.5 Å². The molecule has 1 aromatic rings. The van der Waals surface area contributed by atoms with Crippen LogP contribution >= 0.6 is 0 Å². The molecule has 2 unspecified atom stereocenters. The molecule has 0 saturated carbocycles. The van der Waals surface area contributed by atoms with Gasteiger partial charge >= 0.3 is 0 Å². The van der Waals surface area contributed by atoms with E-state index in [0.29, 0.717) is 5.92 Å². The van der Waals surface area contributed by atoms with Gasteiger partial charge in [-0.1, -0.05) is 6.92 Å². The van der Waals surface area contributed by atoms with Crippen LogP contribution in [0.15, 0.2) is 18.5 Å². The lowest BCUT2D eigenvalue weighted by molar-refractivity contribution is 0.157. The number of anilines is 1. The van der Waals surface area contributed by atoms with Crippen LogP contribution in [0, 0.1) is 12.8 Å². The molecule has 2 heterocycles. The Morgan fingerprint density at radius 3 is 2.86 bits per heavy atom. The molecule has 2 rings (SSSR count). The van der Waals surface area contributed by atoms with Gasteiger partial charge in [0.05, 0.1) is 6.10 Å². The summed E-state index contributed by atoms with van der Waals surface area (Å²) >= 11 is 0. The van der Waals surface area contributed by atoms with E-state index in [1.165, 1.54) is 11.3 Å². The summed E-state index contributed by atoms with van der Waals surface area (Å²) in [5, 5.41) is 9.66. The molecule has 1 saturated heterocycles. The third-order valence-electron chi connectivity index (χ3n) is 2.90. The fourth-order valence-electron chi connectivity index (χ4n) is 1.97. The zero-order valence-corrected chi connectivity index (χ0v) is 8.64. The van der Waals surface area contributed by atoms with Gasteiger partial charge in [-0.2, -0.15) is 0 Å². The van der Waals surface area contributed by atoms with Gasteiger partial charge in [-0.15, -0.1) is 0 Å². The van der Waals surface area contributed by atoms with E-state index >= 15 is 0 Å². The SMILES string of the molecule is Cc1cnccc1N1CC(C)C(O)C1. The molecule has 1 aliphatic rings. The van der Waals surface area contributed by atoms with Crippen molar-refractivity contribution >= 4 is 5.69 Å². The molecule has 0 spiro atoms. The predicted octanol–water partition coefficient (Wildman–Crippen LogP) is 1.21. The molecule has 14 heavy (non-hydrogen) atoms. The number of aliphatic hydroxyl groups excluding tert-OH is 1. The molecular formula is C11H16N2O. The highest BCUT2D eigenvalue weighted by Crippen LogP contribution is 2.25. The van der Waals surface area contributed by atoms with Crippen molar-refractivity contribution in [3.8, 4) is 0 Å². The second-order valence-electron chi connectivity index (χ2n) is 4.11. The lowest BCUT2D eigenvalue weighted by atomic mass is 10.1. The molecule has 0 radical (unpaired) electrons. The van der Waals surface area contributed by atoms with E-state index in [9.17, 15) is 5.11 Å². The van der Waals surface area contributed by atoms with E-state index < -0.39 is 0 Å². The highest BCUT2D eigenvalue weighted by atomic mass is 16.3. The molecular weight excluding hydrogens is 176 g/mol. The first-order chi connectivity index (χ1) is 6.68. The van der Waals surface area contributed by atoms with Crippen LogP contribution in [-0.4, -0.2) is 29.3 Å². The van der Waals surface area contributed by atoms with Gasteiger partial charge < -0.3 is 10.0 Å². The third-order valence-corrected chi connectivity index (χ3v) is 2.90. The second-order valence-corrected chi connectivity index (χ2v) is 4.11. The Hall–Kier alpha value is -1.09. The topological polar surface area (TPSA) is 36.4 Å². The molecule has 0 amide bonds. The average Bonchev–Trinajstić information content (AvgIpc) is 2.48. The highest BCUT2D eigenvalue weighted by Gasteiger charge is 2.28. The average molecular weight is 192 g/mol. The number of hydrogen-bond acceptors (Lipinski definition) is 3. The summed E-state index contributed by atoms with van der Waals surface area (Å²) in [6.45, 7) is 5.82. The molecule has 0 bridgehead atoms. The van der Waals surface area contributed by atoms with E-state index in [-0.39, 0.29) is 6.10 Å². The number of aryl methyl sites for hydroxylation is 1. The quantitative estimate of drug-likeness (QED) is 0.726. The molecule has 0 aliphatic carbocycles. The number of aromatic nitrogens is 1. The number of β-amino-alcohol motifs (C(OH)–C–C–N with tert-alkyl or cyclic N) is 1. The Morgan fingerprint density at radius 2 is 2.29 bits per heavy atom. The van der Waals surface area contributed by atoms with Crippen molar-refractivity contribution in [3.63, 3.8) is 0 Å². The molecule has 0 aromatic carbocycles. The van der Waals surface area contributed by atoms with Crippen molar-refractivity contribution in [2.45, 2.75) is 20.0 Å². The third kappa shape index (κ3) is 1.60. The number of nitrogens with zero attached hydrogens (tertiary/aromatic N) is 2. The normalized spacial score (nSPS) is 26.9. The van der Waals surface area contributed by atoms with Crippen LogP contribution in [0.5, 0.6) is 0 Å². The van der Waals surface area contributed by atoms with Gasteiger partial charge in [0.2, 0.25) is 0 Å². The van der Waals surface area contributed by atoms with Crippen molar-refractivity contribution in [1.82, 2.24) is 4.98 Å². The predicted molar refractivity (Wildman–Crippen MR) is 56.4 cm³/mol. The van der Waals surface area contributed by atoms with Crippen LogP contribution in [-0.2, 0) is 0 Å². The minimum atomic E-state index is -0.192. The summed E-state index contributed by atoms with van der Waals surface area (Å²) in [5.41, 5.74) is 2.37. The molecule has 1 aliphatic heterocycles. The summed E-state index contributed by atoms with van der Waals surface area (Å²) < 4.78 is 0. The molecule has 1 fully saturated rings. The van der Waals surface area contributed by atoms with Crippen molar-refractivity contribution in [1.29, 1.82) is 0 Å². The maximum atomic E-state index is 9.66. The first kappa shape index (κ1) is 9.46. The minimum absolute atomic E-state index is 0.192. The Kier molecular flexibility index (Phi) is 2.42. The summed E-state index contributed by atoms with van der Waals surface area (Å²) in [6.07, 6.45) is 3.48. The lowest BCUT2D eigenvalue weighted by Crippen LogP contribution is -2.21. The van der Waals surface area contributed by atoms with Gasteiger partial charge in [0.25, 0.3) is 0 Å². The Labute approximate surface area is 84.4 Å². The standard InChI is InChI=1S/C11H16N2O/c1-8-5-12-4-3-10(8)13-6-9(2)11(14)7-13/h3-5,9,11,14H,6-7H2,1-2H3. The van der Waals surface area contributed by atoms with Crippen LogP contribution in [0.3, 0.4) is 0 Å². The van der Waals surface area contributed by atoms with Crippen LogP contribution in [0.4, 0.5) is 5.69 Å². The van der Waals surface area contributed by atoms with E-state index in [0.717, 1.165) is 13.1 Å². The van der Waals surface area contributed by atoms with Crippen LogP contribution in [0.25, 0.3) is 0 Å². The van der Waals surface area contributed by atoms with Gasteiger partial charge in [-0.3, -0.25) is 4.98 Å². The summed E-state index contributed by atoms with van der Waals surface area (Å²) in [7, 11) is 0. The van der Waals surface area contributed by atoms with Crippen molar-refractivity contribution in [2.75, 3.05) is 18.0 Å². The van der Waals surface area contributed by atoms with E-state index in [2.05, 4.69) is 23.7 Å². The number of hydrogen-bond donors (Lipinski definition) is 1. The molecule has 3 heteroatoms. The monoisotopic (exact) mass is 192 g/mol.